The molecule has 1 saturated carbocycles. The molecule has 0 radical (unpaired) electrons. The van der Waals surface area contributed by atoms with Crippen LogP contribution in [0.2, 0.25) is 0 Å². The van der Waals surface area contributed by atoms with E-state index in [1.807, 2.05) is 0 Å². The Morgan fingerprint density at radius 3 is 2.89 bits per heavy atom. The Morgan fingerprint density at radius 1 is 1.50 bits per heavy atom. The predicted octanol–water partition coefficient (Wildman–Crippen LogP) is 2.91. The molecule has 1 spiro atoms. The number of hydrazine groups is 1. The van der Waals surface area contributed by atoms with Crippen LogP contribution in [0, 0.1) is 12.8 Å². The summed E-state index contributed by atoms with van der Waals surface area (Å²) in [6, 6.07) is 0.289. The maximum absolute atomic E-state index is 6.01. The minimum atomic E-state index is 0.196. The van der Waals surface area contributed by atoms with Crippen LogP contribution < -0.4 is 11.3 Å². The highest BCUT2D eigenvalue weighted by Gasteiger charge is 2.44. The van der Waals surface area contributed by atoms with Crippen LogP contribution in [0.4, 0.5) is 0 Å². The van der Waals surface area contributed by atoms with Gasteiger partial charge in [0.2, 0.25) is 0 Å². The molecule has 3 nitrogen and oxygen atoms in total. The van der Waals surface area contributed by atoms with Crippen LogP contribution in [0.1, 0.15) is 49.3 Å². The number of hydrogen-bond acceptors (Lipinski definition) is 4. The summed E-state index contributed by atoms with van der Waals surface area (Å²) >= 11 is 1.77. The molecular formula is C14H22N2OS. The normalized spacial score (nSPS) is 28.0. The zero-order chi connectivity index (χ0) is 12.6. The van der Waals surface area contributed by atoms with E-state index in [0.717, 1.165) is 19.4 Å². The molecule has 3 N–H and O–H groups in total. The molecule has 1 saturated heterocycles. The van der Waals surface area contributed by atoms with E-state index < -0.39 is 0 Å². The second kappa shape index (κ2) is 4.93. The highest BCUT2D eigenvalue weighted by molar-refractivity contribution is 7.08. The summed E-state index contributed by atoms with van der Waals surface area (Å²) in [7, 11) is 0. The Morgan fingerprint density at radius 2 is 2.33 bits per heavy atom. The molecule has 1 aliphatic carbocycles. The third kappa shape index (κ3) is 2.11. The van der Waals surface area contributed by atoms with Crippen molar-refractivity contribution in [3.05, 3.63) is 21.9 Å². The molecule has 1 aliphatic heterocycles. The lowest BCUT2D eigenvalue weighted by atomic mass is 9.70. The summed E-state index contributed by atoms with van der Waals surface area (Å²) in [5.74, 6) is 6.43. The third-order valence-electron chi connectivity index (χ3n) is 4.68. The van der Waals surface area contributed by atoms with Gasteiger partial charge in [-0.15, -0.1) is 0 Å². The quantitative estimate of drug-likeness (QED) is 0.653. The molecule has 2 heterocycles. The van der Waals surface area contributed by atoms with Gasteiger partial charge in [-0.05, 0) is 66.8 Å². The second-order valence-electron chi connectivity index (χ2n) is 5.79. The molecule has 0 amide bonds. The van der Waals surface area contributed by atoms with Crippen molar-refractivity contribution in [2.75, 3.05) is 6.61 Å². The lowest BCUT2D eigenvalue weighted by Gasteiger charge is -2.48. The monoisotopic (exact) mass is 266 g/mol. The van der Waals surface area contributed by atoms with Crippen molar-refractivity contribution in [1.82, 2.24) is 5.43 Å². The number of nitrogens with one attached hydrogen (secondary N) is 1. The number of thiophene rings is 1. The first-order chi connectivity index (χ1) is 8.74. The number of rotatable bonds is 3. The minimum absolute atomic E-state index is 0.196. The predicted molar refractivity (Wildman–Crippen MR) is 74.4 cm³/mol. The molecule has 0 bridgehead atoms. The van der Waals surface area contributed by atoms with Crippen molar-refractivity contribution in [3.63, 3.8) is 0 Å². The largest absolute Gasteiger partial charge is 0.375 e. The fourth-order valence-electron chi connectivity index (χ4n) is 3.44. The maximum atomic E-state index is 6.01. The topological polar surface area (TPSA) is 47.3 Å². The lowest BCUT2D eigenvalue weighted by molar-refractivity contribution is -0.147. The van der Waals surface area contributed by atoms with Crippen LogP contribution in [0.3, 0.4) is 0 Å². The molecular weight excluding hydrogens is 244 g/mol. The third-order valence-corrected chi connectivity index (χ3v) is 5.56. The van der Waals surface area contributed by atoms with Gasteiger partial charge in [-0.1, -0.05) is 0 Å². The number of ether oxygens (including phenoxy) is 1. The van der Waals surface area contributed by atoms with E-state index >= 15 is 0 Å². The Balaban J connectivity index is 1.77. The molecule has 2 atom stereocenters. The Kier molecular flexibility index (Phi) is 3.45. The average molecular weight is 266 g/mol. The summed E-state index contributed by atoms with van der Waals surface area (Å²) in [5.41, 5.74) is 5.99. The zero-order valence-corrected chi connectivity index (χ0v) is 11.8. The lowest BCUT2D eigenvalue weighted by Crippen LogP contribution is -2.48. The van der Waals surface area contributed by atoms with Crippen LogP contribution in [-0.2, 0) is 4.74 Å². The van der Waals surface area contributed by atoms with E-state index in [4.69, 9.17) is 10.6 Å². The number of aryl methyl sites for hydroxylation is 1. The second-order valence-corrected chi connectivity index (χ2v) is 6.54. The van der Waals surface area contributed by atoms with E-state index in [-0.39, 0.29) is 11.6 Å². The van der Waals surface area contributed by atoms with E-state index in [0.29, 0.717) is 5.92 Å². The summed E-state index contributed by atoms with van der Waals surface area (Å²) in [5, 5.41) is 4.45. The summed E-state index contributed by atoms with van der Waals surface area (Å²) in [6.45, 7) is 3.07. The van der Waals surface area contributed by atoms with E-state index in [1.165, 1.54) is 30.4 Å². The smallest absolute Gasteiger partial charge is 0.0686 e. The highest BCUT2D eigenvalue weighted by Crippen LogP contribution is 2.47. The first-order valence-corrected chi connectivity index (χ1v) is 7.81. The van der Waals surface area contributed by atoms with Crippen molar-refractivity contribution >= 4 is 11.3 Å². The molecule has 1 aromatic heterocycles. The van der Waals surface area contributed by atoms with Crippen molar-refractivity contribution in [1.29, 1.82) is 0 Å². The van der Waals surface area contributed by atoms with Crippen molar-refractivity contribution in [3.8, 4) is 0 Å². The maximum Gasteiger partial charge on any atom is 0.0686 e. The Labute approximate surface area is 113 Å². The highest BCUT2D eigenvalue weighted by atomic mass is 32.1. The summed E-state index contributed by atoms with van der Waals surface area (Å²) < 4.78 is 6.01. The molecule has 18 heavy (non-hydrogen) atoms. The number of hydrogen-bond donors (Lipinski definition) is 2. The van der Waals surface area contributed by atoms with Crippen LogP contribution in [0.15, 0.2) is 10.8 Å². The first kappa shape index (κ1) is 12.6. The van der Waals surface area contributed by atoms with Crippen molar-refractivity contribution in [2.45, 2.75) is 50.7 Å². The van der Waals surface area contributed by atoms with Gasteiger partial charge >= 0.3 is 0 Å². The fourth-order valence-corrected chi connectivity index (χ4v) is 4.33. The van der Waals surface area contributed by atoms with Crippen molar-refractivity contribution in [2.24, 2.45) is 11.8 Å². The molecule has 1 aromatic rings. The molecule has 2 fully saturated rings. The van der Waals surface area contributed by atoms with Crippen LogP contribution >= 0.6 is 11.3 Å². The molecule has 2 unspecified atom stereocenters. The van der Waals surface area contributed by atoms with Crippen molar-refractivity contribution < 1.29 is 4.74 Å². The van der Waals surface area contributed by atoms with Gasteiger partial charge in [0.15, 0.2) is 0 Å². The van der Waals surface area contributed by atoms with Gasteiger partial charge < -0.3 is 4.74 Å². The zero-order valence-electron chi connectivity index (χ0n) is 10.9. The molecule has 2 aliphatic rings. The first-order valence-electron chi connectivity index (χ1n) is 6.87. The summed E-state index contributed by atoms with van der Waals surface area (Å²) in [6.07, 6.45) is 6.08. The van der Waals surface area contributed by atoms with E-state index in [2.05, 4.69) is 23.1 Å². The van der Waals surface area contributed by atoms with Gasteiger partial charge in [0.25, 0.3) is 0 Å². The standard InChI is InChI=1S/C14H22N2OS/c1-10-8-18-9-12(10)13(16-15)11-3-6-17-14(7-11)4-2-5-14/h8-9,11,13,16H,2-7,15H2,1H3. The van der Waals surface area contributed by atoms with Gasteiger partial charge in [-0.2, -0.15) is 11.3 Å². The summed E-state index contributed by atoms with van der Waals surface area (Å²) in [4.78, 5) is 0. The SMILES string of the molecule is Cc1cscc1C(NN)C1CCOC2(CCC2)C1. The molecule has 4 heteroatoms. The Bertz CT molecular complexity index is 414. The van der Waals surface area contributed by atoms with Gasteiger partial charge in [0.05, 0.1) is 11.6 Å². The van der Waals surface area contributed by atoms with Crippen LogP contribution in [0.5, 0.6) is 0 Å². The van der Waals surface area contributed by atoms with E-state index in [1.54, 1.807) is 11.3 Å². The van der Waals surface area contributed by atoms with Gasteiger partial charge in [-0.3, -0.25) is 11.3 Å². The van der Waals surface area contributed by atoms with Crippen LogP contribution in [0.25, 0.3) is 0 Å². The minimum Gasteiger partial charge on any atom is -0.375 e. The molecule has 0 aromatic carbocycles. The van der Waals surface area contributed by atoms with Crippen LogP contribution in [-0.4, -0.2) is 12.2 Å². The Hall–Kier alpha value is -0.420. The van der Waals surface area contributed by atoms with E-state index in [9.17, 15) is 0 Å². The number of nitrogens with two attached hydrogens (primary N) is 1. The molecule has 3 rings (SSSR count). The average Bonchev–Trinajstić information content (AvgIpc) is 2.75. The molecule has 100 valence electrons. The fraction of sp³-hybridized carbons (Fsp3) is 0.714. The van der Waals surface area contributed by atoms with Gasteiger partial charge in [-0.25, -0.2) is 0 Å². The van der Waals surface area contributed by atoms with Gasteiger partial charge in [0.1, 0.15) is 0 Å². The van der Waals surface area contributed by atoms with Gasteiger partial charge in [0, 0.05) is 6.61 Å².